The van der Waals surface area contributed by atoms with Crippen molar-refractivity contribution < 1.29 is 9.47 Å². The predicted octanol–water partition coefficient (Wildman–Crippen LogP) is 1.63. The number of aryl methyl sites for hydroxylation is 1. The molecule has 0 spiro atoms. The minimum Gasteiger partial charge on any atom is -0.454 e. The molecular weight excluding hydrogens is 204 g/mol. The normalized spacial score (nSPS) is 13.6. The Kier molecular flexibility index (Phi) is 2.04. The van der Waals surface area contributed by atoms with E-state index in [4.69, 9.17) is 9.47 Å². The predicted molar refractivity (Wildman–Crippen MR) is 61.8 cm³/mol. The van der Waals surface area contributed by atoms with Gasteiger partial charge in [-0.1, -0.05) is 0 Å². The second-order valence-electron chi connectivity index (χ2n) is 4.02. The number of aromatic nitrogens is 1. The van der Waals surface area contributed by atoms with Gasteiger partial charge in [0.1, 0.15) is 0 Å². The molecule has 0 atom stereocenters. The van der Waals surface area contributed by atoms with Gasteiger partial charge in [0, 0.05) is 31.2 Å². The van der Waals surface area contributed by atoms with Crippen LogP contribution in [-0.4, -0.2) is 18.4 Å². The topological polar surface area (TPSA) is 35.4 Å². The lowest BCUT2D eigenvalue weighted by molar-refractivity contribution is 0.174. The smallest absolute Gasteiger partial charge is 0.231 e. The zero-order valence-electron chi connectivity index (χ0n) is 9.41. The summed E-state index contributed by atoms with van der Waals surface area (Å²) >= 11 is 0. The van der Waals surface area contributed by atoms with Crippen molar-refractivity contribution >= 4 is 10.9 Å². The summed E-state index contributed by atoms with van der Waals surface area (Å²) in [6.07, 6.45) is 2.14. The van der Waals surface area contributed by atoms with Gasteiger partial charge in [-0.15, -0.1) is 0 Å². The second-order valence-corrected chi connectivity index (χ2v) is 4.02. The van der Waals surface area contributed by atoms with Gasteiger partial charge in [-0.3, -0.25) is 0 Å². The fourth-order valence-corrected chi connectivity index (χ4v) is 2.18. The summed E-state index contributed by atoms with van der Waals surface area (Å²) in [5.41, 5.74) is 2.45. The van der Waals surface area contributed by atoms with Crippen LogP contribution in [-0.2, 0) is 13.6 Å². The van der Waals surface area contributed by atoms with Gasteiger partial charge in [-0.2, -0.15) is 0 Å². The molecular formula is C12H14N2O2. The molecule has 1 aliphatic rings. The molecule has 0 amide bonds. The number of rotatable bonds is 2. The molecule has 0 aliphatic carbocycles. The Bertz CT molecular complexity index is 545. The number of fused-ring (bicyclic) bond motifs is 2. The monoisotopic (exact) mass is 218 g/mol. The van der Waals surface area contributed by atoms with Crippen LogP contribution in [0.15, 0.2) is 18.3 Å². The molecule has 0 bridgehead atoms. The molecule has 16 heavy (non-hydrogen) atoms. The van der Waals surface area contributed by atoms with Crippen LogP contribution in [0.4, 0.5) is 0 Å². The molecule has 0 fully saturated rings. The van der Waals surface area contributed by atoms with Gasteiger partial charge >= 0.3 is 0 Å². The van der Waals surface area contributed by atoms with Gasteiger partial charge < -0.3 is 19.4 Å². The molecule has 3 rings (SSSR count). The molecule has 2 heterocycles. The van der Waals surface area contributed by atoms with Crippen molar-refractivity contribution in [3.8, 4) is 11.5 Å². The van der Waals surface area contributed by atoms with Crippen LogP contribution in [0, 0.1) is 0 Å². The first-order valence-corrected chi connectivity index (χ1v) is 5.32. The van der Waals surface area contributed by atoms with Crippen LogP contribution >= 0.6 is 0 Å². The van der Waals surface area contributed by atoms with Crippen molar-refractivity contribution in [2.24, 2.45) is 7.05 Å². The maximum absolute atomic E-state index is 5.40. The van der Waals surface area contributed by atoms with Crippen LogP contribution in [0.25, 0.3) is 10.9 Å². The highest BCUT2D eigenvalue weighted by Crippen LogP contribution is 2.37. The highest BCUT2D eigenvalue weighted by atomic mass is 16.7. The van der Waals surface area contributed by atoms with Crippen molar-refractivity contribution in [3.63, 3.8) is 0 Å². The van der Waals surface area contributed by atoms with Gasteiger partial charge in [-0.05, 0) is 18.7 Å². The molecule has 1 aliphatic heterocycles. The van der Waals surface area contributed by atoms with Crippen LogP contribution in [0.3, 0.4) is 0 Å². The van der Waals surface area contributed by atoms with Crippen molar-refractivity contribution in [2.75, 3.05) is 13.8 Å². The highest BCUT2D eigenvalue weighted by molar-refractivity contribution is 5.87. The standard InChI is InChI=1S/C12H14N2O2/c1-13-5-8-6-14(2)10-4-12-11(3-9(8)10)15-7-16-12/h3-4,6,13H,5,7H2,1-2H3. The van der Waals surface area contributed by atoms with E-state index in [1.807, 2.05) is 20.2 Å². The Morgan fingerprint density at radius 2 is 2.06 bits per heavy atom. The minimum atomic E-state index is 0.326. The number of ether oxygens (including phenoxy) is 2. The van der Waals surface area contributed by atoms with Crippen molar-refractivity contribution in [1.29, 1.82) is 0 Å². The van der Waals surface area contributed by atoms with E-state index >= 15 is 0 Å². The molecule has 1 aromatic carbocycles. The maximum atomic E-state index is 5.40. The third-order valence-corrected chi connectivity index (χ3v) is 2.93. The summed E-state index contributed by atoms with van der Waals surface area (Å²) in [5.74, 6) is 1.68. The average molecular weight is 218 g/mol. The minimum absolute atomic E-state index is 0.326. The first-order valence-electron chi connectivity index (χ1n) is 5.32. The molecule has 0 unspecified atom stereocenters. The summed E-state index contributed by atoms with van der Waals surface area (Å²) in [6.45, 7) is 1.18. The third-order valence-electron chi connectivity index (χ3n) is 2.93. The van der Waals surface area contributed by atoms with Crippen LogP contribution in [0.1, 0.15) is 5.56 Å². The van der Waals surface area contributed by atoms with E-state index in [2.05, 4.69) is 22.1 Å². The van der Waals surface area contributed by atoms with Gasteiger partial charge in [0.05, 0.1) is 5.52 Å². The summed E-state index contributed by atoms with van der Waals surface area (Å²) in [5, 5.41) is 4.40. The Morgan fingerprint density at radius 1 is 1.31 bits per heavy atom. The summed E-state index contributed by atoms with van der Waals surface area (Å²) < 4.78 is 12.9. The number of hydrogen-bond donors (Lipinski definition) is 1. The van der Waals surface area contributed by atoms with E-state index in [1.165, 1.54) is 16.5 Å². The Labute approximate surface area is 93.8 Å². The molecule has 2 aromatic rings. The van der Waals surface area contributed by atoms with E-state index in [1.54, 1.807) is 0 Å². The van der Waals surface area contributed by atoms with Gasteiger partial charge in [0.2, 0.25) is 6.79 Å². The molecule has 0 saturated heterocycles. The lowest BCUT2D eigenvalue weighted by Gasteiger charge is -2.00. The van der Waals surface area contributed by atoms with E-state index in [9.17, 15) is 0 Å². The zero-order chi connectivity index (χ0) is 11.1. The third kappa shape index (κ3) is 1.27. The van der Waals surface area contributed by atoms with Gasteiger partial charge in [0.15, 0.2) is 11.5 Å². The van der Waals surface area contributed by atoms with Crippen molar-refractivity contribution in [3.05, 3.63) is 23.9 Å². The van der Waals surface area contributed by atoms with E-state index < -0.39 is 0 Å². The van der Waals surface area contributed by atoms with E-state index in [0.717, 1.165) is 18.0 Å². The fourth-order valence-electron chi connectivity index (χ4n) is 2.18. The van der Waals surface area contributed by atoms with Crippen molar-refractivity contribution in [2.45, 2.75) is 6.54 Å². The highest BCUT2D eigenvalue weighted by Gasteiger charge is 2.17. The molecule has 0 radical (unpaired) electrons. The molecule has 1 N–H and O–H groups in total. The molecule has 0 saturated carbocycles. The number of nitrogens with one attached hydrogen (secondary N) is 1. The molecule has 84 valence electrons. The first-order chi connectivity index (χ1) is 7.79. The lowest BCUT2D eigenvalue weighted by Crippen LogP contribution is -2.04. The lowest BCUT2D eigenvalue weighted by atomic mass is 10.1. The van der Waals surface area contributed by atoms with Crippen LogP contribution in [0.5, 0.6) is 11.5 Å². The largest absolute Gasteiger partial charge is 0.454 e. The van der Waals surface area contributed by atoms with Gasteiger partial charge in [-0.25, -0.2) is 0 Å². The maximum Gasteiger partial charge on any atom is 0.231 e. The van der Waals surface area contributed by atoms with Crippen LogP contribution < -0.4 is 14.8 Å². The summed E-state index contributed by atoms with van der Waals surface area (Å²) in [6, 6.07) is 4.10. The van der Waals surface area contributed by atoms with Crippen LogP contribution in [0.2, 0.25) is 0 Å². The van der Waals surface area contributed by atoms with E-state index in [-0.39, 0.29) is 0 Å². The number of nitrogens with zero attached hydrogens (tertiary/aromatic N) is 1. The molecule has 4 nitrogen and oxygen atoms in total. The average Bonchev–Trinajstić information content (AvgIpc) is 2.83. The first kappa shape index (κ1) is 9.54. The second kappa shape index (κ2) is 3.42. The summed E-state index contributed by atoms with van der Waals surface area (Å²) in [4.78, 5) is 0. The summed E-state index contributed by atoms with van der Waals surface area (Å²) in [7, 11) is 4.00. The number of benzene rings is 1. The Hall–Kier alpha value is -1.68. The van der Waals surface area contributed by atoms with E-state index in [0.29, 0.717) is 6.79 Å². The Balaban J connectivity index is 2.24. The SMILES string of the molecule is CNCc1cn(C)c2cc3c(cc12)OCO3. The quantitative estimate of drug-likeness (QED) is 0.832. The fraction of sp³-hybridized carbons (Fsp3) is 0.333. The van der Waals surface area contributed by atoms with Crippen molar-refractivity contribution in [1.82, 2.24) is 9.88 Å². The number of hydrogen-bond acceptors (Lipinski definition) is 3. The zero-order valence-corrected chi connectivity index (χ0v) is 9.41. The Morgan fingerprint density at radius 3 is 2.81 bits per heavy atom. The molecule has 1 aromatic heterocycles. The molecule has 4 heteroatoms. The van der Waals surface area contributed by atoms with Gasteiger partial charge in [0.25, 0.3) is 0 Å².